The van der Waals surface area contributed by atoms with Gasteiger partial charge in [-0.1, -0.05) is 45.6 Å². The molecule has 0 aliphatic rings. The topological polar surface area (TPSA) is 62.1 Å². The van der Waals surface area contributed by atoms with Gasteiger partial charge in [0, 0.05) is 42.6 Å². The summed E-state index contributed by atoms with van der Waals surface area (Å²) in [4.78, 5) is 0. The quantitative estimate of drug-likeness (QED) is 0.386. The highest BCUT2D eigenvalue weighted by atomic mass is 14.9. The zero-order valence-corrected chi connectivity index (χ0v) is 16.0. The van der Waals surface area contributed by atoms with Gasteiger partial charge in [-0.3, -0.25) is 0 Å². The van der Waals surface area contributed by atoms with Crippen LogP contribution in [0.2, 0.25) is 0 Å². The molecule has 1 rings (SSSR count). The van der Waals surface area contributed by atoms with E-state index in [0.717, 1.165) is 74.5 Å². The number of anilines is 1. The second-order valence-electron chi connectivity index (χ2n) is 6.48. The SMILES string of the molecule is C=C(NCCCCC(CNCC)C(=C)N)c1ccc(NCCC)cc1. The van der Waals surface area contributed by atoms with Gasteiger partial charge in [0.05, 0.1) is 0 Å². The molecule has 1 aromatic rings. The predicted molar refractivity (Wildman–Crippen MR) is 111 cm³/mol. The maximum Gasteiger partial charge on any atom is 0.0340 e. The third-order valence-corrected chi connectivity index (χ3v) is 4.30. The van der Waals surface area contributed by atoms with Crippen LogP contribution >= 0.6 is 0 Å². The summed E-state index contributed by atoms with van der Waals surface area (Å²) in [6.07, 6.45) is 4.44. The van der Waals surface area contributed by atoms with Crippen LogP contribution in [-0.4, -0.2) is 26.2 Å². The van der Waals surface area contributed by atoms with Crippen molar-refractivity contribution in [2.45, 2.75) is 39.5 Å². The first-order chi connectivity index (χ1) is 12.1. The fourth-order valence-electron chi connectivity index (χ4n) is 2.65. The number of hydrogen-bond donors (Lipinski definition) is 4. The Hall–Kier alpha value is -1.94. The first-order valence-electron chi connectivity index (χ1n) is 9.50. The third-order valence-electron chi connectivity index (χ3n) is 4.30. The van der Waals surface area contributed by atoms with Crippen LogP contribution in [0.15, 0.2) is 43.1 Å². The molecular weight excluding hydrogens is 308 g/mol. The van der Waals surface area contributed by atoms with Gasteiger partial charge in [0.15, 0.2) is 0 Å². The van der Waals surface area contributed by atoms with Crippen molar-refractivity contribution in [2.24, 2.45) is 11.7 Å². The Bertz CT molecular complexity index is 507. The van der Waals surface area contributed by atoms with Crippen molar-refractivity contribution in [3.63, 3.8) is 0 Å². The molecule has 0 fully saturated rings. The lowest BCUT2D eigenvalue weighted by molar-refractivity contribution is 0.481. The van der Waals surface area contributed by atoms with E-state index in [2.05, 4.69) is 67.2 Å². The van der Waals surface area contributed by atoms with Gasteiger partial charge in [-0.2, -0.15) is 0 Å². The Labute approximate surface area is 154 Å². The Morgan fingerprint density at radius 3 is 2.40 bits per heavy atom. The molecule has 0 saturated carbocycles. The molecule has 0 aromatic heterocycles. The molecule has 1 atom stereocenters. The summed E-state index contributed by atoms with van der Waals surface area (Å²) in [5.74, 6) is 0.367. The normalized spacial score (nSPS) is 11.8. The van der Waals surface area contributed by atoms with Crippen molar-refractivity contribution >= 4 is 11.4 Å². The number of benzene rings is 1. The van der Waals surface area contributed by atoms with Gasteiger partial charge >= 0.3 is 0 Å². The summed E-state index contributed by atoms with van der Waals surface area (Å²) < 4.78 is 0. The van der Waals surface area contributed by atoms with E-state index in [1.165, 1.54) is 0 Å². The number of nitrogens with two attached hydrogens (primary N) is 1. The lowest BCUT2D eigenvalue weighted by atomic mass is 9.99. The lowest BCUT2D eigenvalue weighted by Gasteiger charge is -2.17. The second kappa shape index (κ2) is 12.4. The van der Waals surface area contributed by atoms with E-state index in [1.54, 1.807) is 0 Å². The summed E-state index contributed by atoms with van der Waals surface area (Å²) in [5.41, 5.74) is 9.96. The lowest BCUT2D eigenvalue weighted by Crippen LogP contribution is -2.26. The monoisotopic (exact) mass is 344 g/mol. The number of nitrogens with one attached hydrogen (secondary N) is 3. The largest absolute Gasteiger partial charge is 0.402 e. The van der Waals surface area contributed by atoms with Crippen molar-refractivity contribution in [3.8, 4) is 0 Å². The van der Waals surface area contributed by atoms with Crippen LogP contribution in [0.25, 0.3) is 5.70 Å². The van der Waals surface area contributed by atoms with Gasteiger partial charge in [-0.05, 0) is 43.5 Å². The van der Waals surface area contributed by atoms with Gasteiger partial charge in [0.2, 0.25) is 0 Å². The molecule has 25 heavy (non-hydrogen) atoms. The molecule has 0 amide bonds. The number of rotatable bonds is 14. The summed E-state index contributed by atoms with van der Waals surface area (Å²) in [5, 5.41) is 10.2. The number of hydrogen-bond acceptors (Lipinski definition) is 4. The molecule has 1 aromatic carbocycles. The fourth-order valence-corrected chi connectivity index (χ4v) is 2.65. The summed E-state index contributed by atoms with van der Waals surface area (Å²) in [6.45, 7) is 16.1. The van der Waals surface area contributed by atoms with Crippen molar-refractivity contribution < 1.29 is 0 Å². The minimum atomic E-state index is 0.367. The molecule has 0 saturated heterocycles. The molecule has 4 nitrogen and oxygen atoms in total. The van der Waals surface area contributed by atoms with E-state index in [4.69, 9.17) is 5.73 Å². The van der Waals surface area contributed by atoms with Crippen LogP contribution in [-0.2, 0) is 0 Å². The smallest absolute Gasteiger partial charge is 0.0340 e. The van der Waals surface area contributed by atoms with E-state index >= 15 is 0 Å². The van der Waals surface area contributed by atoms with Crippen LogP contribution in [0.4, 0.5) is 5.69 Å². The Balaban J connectivity index is 2.26. The highest BCUT2D eigenvalue weighted by Crippen LogP contribution is 2.15. The van der Waals surface area contributed by atoms with Crippen LogP contribution in [0.5, 0.6) is 0 Å². The van der Waals surface area contributed by atoms with Crippen LogP contribution in [0, 0.1) is 5.92 Å². The Morgan fingerprint density at radius 2 is 1.80 bits per heavy atom. The van der Waals surface area contributed by atoms with Crippen molar-refractivity contribution in [1.29, 1.82) is 0 Å². The second-order valence-corrected chi connectivity index (χ2v) is 6.48. The molecule has 140 valence electrons. The first-order valence-corrected chi connectivity index (χ1v) is 9.50. The van der Waals surface area contributed by atoms with Crippen LogP contribution in [0.1, 0.15) is 45.1 Å². The average Bonchev–Trinajstić information content (AvgIpc) is 2.62. The highest BCUT2D eigenvalue weighted by Gasteiger charge is 2.09. The van der Waals surface area contributed by atoms with Crippen molar-refractivity contribution in [2.75, 3.05) is 31.5 Å². The van der Waals surface area contributed by atoms with E-state index in [1.807, 2.05) is 0 Å². The predicted octanol–water partition coefficient (Wildman–Crippen LogP) is 3.94. The minimum Gasteiger partial charge on any atom is -0.402 e. The maximum atomic E-state index is 5.89. The van der Waals surface area contributed by atoms with Gasteiger partial charge in [-0.25, -0.2) is 0 Å². The maximum absolute atomic E-state index is 5.89. The first kappa shape index (κ1) is 21.1. The van der Waals surface area contributed by atoms with Crippen LogP contribution in [0.3, 0.4) is 0 Å². The third kappa shape index (κ3) is 8.64. The van der Waals surface area contributed by atoms with E-state index in [0.29, 0.717) is 5.92 Å². The molecule has 1 unspecified atom stereocenters. The fraction of sp³-hybridized carbons (Fsp3) is 0.524. The zero-order valence-electron chi connectivity index (χ0n) is 16.0. The van der Waals surface area contributed by atoms with E-state index in [-0.39, 0.29) is 0 Å². The van der Waals surface area contributed by atoms with Crippen molar-refractivity contribution in [1.82, 2.24) is 10.6 Å². The molecule has 0 bridgehead atoms. The molecule has 5 N–H and O–H groups in total. The minimum absolute atomic E-state index is 0.367. The highest BCUT2D eigenvalue weighted by molar-refractivity contribution is 5.63. The van der Waals surface area contributed by atoms with Gasteiger partial charge in [-0.15, -0.1) is 0 Å². The standard InChI is InChI=1S/C21H36N4/c1-5-14-25-21-12-10-19(11-13-21)18(4)24-15-8-7-9-20(17(3)22)16-23-6-2/h10-13,20,23-25H,3-9,14-16,22H2,1-2H3. The molecule has 0 spiro atoms. The molecular formula is C21H36N4. The summed E-state index contributed by atoms with van der Waals surface area (Å²) in [7, 11) is 0. The zero-order chi connectivity index (χ0) is 18.5. The molecule has 0 aliphatic carbocycles. The van der Waals surface area contributed by atoms with Crippen molar-refractivity contribution in [3.05, 3.63) is 48.7 Å². The summed E-state index contributed by atoms with van der Waals surface area (Å²) >= 11 is 0. The molecule has 0 aliphatic heterocycles. The van der Waals surface area contributed by atoms with Gasteiger partial charge in [0.1, 0.15) is 0 Å². The molecule has 0 radical (unpaired) electrons. The van der Waals surface area contributed by atoms with E-state index < -0.39 is 0 Å². The average molecular weight is 345 g/mol. The summed E-state index contributed by atoms with van der Waals surface area (Å²) in [6, 6.07) is 8.43. The Morgan fingerprint density at radius 1 is 1.08 bits per heavy atom. The number of unbranched alkanes of at least 4 members (excludes halogenated alkanes) is 1. The van der Waals surface area contributed by atoms with E-state index in [9.17, 15) is 0 Å². The van der Waals surface area contributed by atoms with Gasteiger partial charge < -0.3 is 21.7 Å². The van der Waals surface area contributed by atoms with Crippen LogP contribution < -0.4 is 21.7 Å². The Kier molecular flexibility index (Phi) is 10.5. The molecule has 0 heterocycles. The van der Waals surface area contributed by atoms with Gasteiger partial charge in [0.25, 0.3) is 0 Å². The molecule has 4 heteroatoms.